The fraction of sp³-hybridized carbons (Fsp3) is 0.176. The molecule has 1 aromatic carbocycles. The lowest BCUT2D eigenvalue weighted by Gasteiger charge is -2.24. The highest BCUT2D eigenvalue weighted by atomic mass is 16.4. The van der Waals surface area contributed by atoms with Crippen LogP contribution in [0.2, 0.25) is 0 Å². The van der Waals surface area contributed by atoms with Crippen LogP contribution in [0.3, 0.4) is 0 Å². The first kappa shape index (κ1) is 16.4. The van der Waals surface area contributed by atoms with Gasteiger partial charge in [0.25, 0.3) is 11.8 Å². The zero-order chi connectivity index (χ0) is 18.1. The molecule has 0 spiro atoms. The minimum atomic E-state index is -1.01. The maximum absolute atomic E-state index is 12.4. The van der Waals surface area contributed by atoms with E-state index in [9.17, 15) is 19.2 Å². The number of carbonyl (C=O) groups excluding carboxylic acids is 3. The molecule has 3 rings (SSSR count). The summed E-state index contributed by atoms with van der Waals surface area (Å²) in [6.45, 7) is 1.52. The van der Waals surface area contributed by atoms with Crippen molar-refractivity contribution < 1.29 is 24.3 Å². The van der Waals surface area contributed by atoms with Crippen molar-refractivity contribution in [3.63, 3.8) is 0 Å². The molecule has 2 aromatic rings. The van der Waals surface area contributed by atoms with Crippen molar-refractivity contribution in [1.82, 2.24) is 14.8 Å². The Morgan fingerprint density at radius 3 is 2.64 bits per heavy atom. The van der Waals surface area contributed by atoms with Gasteiger partial charge in [-0.1, -0.05) is 18.2 Å². The monoisotopic (exact) mass is 341 g/mol. The van der Waals surface area contributed by atoms with Gasteiger partial charge in [-0.05, 0) is 19.1 Å². The van der Waals surface area contributed by atoms with E-state index in [-0.39, 0.29) is 18.7 Å². The van der Waals surface area contributed by atoms with Crippen molar-refractivity contribution in [2.24, 2.45) is 0 Å². The summed E-state index contributed by atoms with van der Waals surface area (Å²) in [4.78, 5) is 48.1. The lowest BCUT2D eigenvalue weighted by molar-refractivity contribution is -0.137. The quantitative estimate of drug-likeness (QED) is 0.642. The molecule has 0 bridgehead atoms. The van der Waals surface area contributed by atoms with Gasteiger partial charge in [-0.25, -0.2) is 4.79 Å². The predicted octanol–water partition coefficient (Wildman–Crippen LogP) is 1.21. The molecule has 0 atom stereocenters. The molecule has 8 heteroatoms. The van der Waals surface area contributed by atoms with E-state index in [0.29, 0.717) is 16.5 Å². The number of para-hydroxylation sites is 1. The molecule has 0 unspecified atom stereocenters. The summed E-state index contributed by atoms with van der Waals surface area (Å²) < 4.78 is 1.53. The first-order valence-corrected chi connectivity index (χ1v) is 7.61. The van der Waals surface area contributed by atoms with E-state index in [4.69, 9.17) is 5.11 Å². The molecule has 128 valence electrons. The Hall–Kier alpha value is -3.42. The standard InChI is InChI=1S/C17H15N3O5/c1-2-20-16(24)12(15(23)18-17(20)25)7-10-8-19(9-14(21)22)13-6-4-3-5-11(10)13/h3-8H,2,9H2,1H3,(H,21,22)(H,18,23,25)/b12-7+. The number of rotatable bonds is 4. The van der Waals surface area contributed by atoms with Crippen molar-refractivity contribution in [2.75, 3.05) is 6.54 Å². The SMILES string of the molecule is CCN1C(=O)NC(=O)/C(=C\c2cn(CC(=O)O)c3ccccc23)C1=O. The second-order valence-electron chi connectivity index (χ2n) is 5.49. The molecular weight excluding hydrogens is 326 g/mol. The Bertz CT molecular complexity index is 941. The van der Waals surface area contributed by atoms with Gasteiger partial charge in [0.05, 0.1) is 0 Å². The van der Waals surface area contributed by atoms with Crippen molar-refractivity contribution in [3.8, 4) is 0 Å². The van der Waals surface area contributed by atoms with Crippen LogP contribution in [0.1, 0.15) is 12.5 Å². The van der Waals surface area contributed by atoms with Gasteiger partial charge < -0.3 is 9.67 Å². The number of carbonyl (C=O) groups is 4. The van der Waals surface area contributed by atoms with E-state index >= 15 is 0 Å². The van der Waals surface area contributed by atoms with E-state index in [1.165, 1.54) is 10.6 Å². The third kappa shape index (κ3) is 2.89. The molecule has 1 aliphatic heterocycles. The second-order valence-corrected chi connectivity index (χ2v) is 5.49. The van der Waals surface area contributed by atoms with Crippen molar-refractivity contribution >= 4 is 40.8 Å². The Balaban J connectivity index is 2.11. The Kier molecular flexibility index (Phi) is 4.10. The molecule has 1 saturated heterocycles. The Morgan fingerprint density at radius 1 is 1.24 bits per heavy atom. The number of hydrogen-bond acceptors (Lipinski definition) is 4. The summed E-state index contributed by atoms with van der Waals surface area (Å²) in [7, 11) is 0. The number of imide groups is 2. The minimum absolute atomic E-state index is 0.135. The summed E-state index contributed by atoms with van der Waals surface area (Å²) in [6.07, 6.45) is 2.95. The second kappa shape index (κ2) is 6.23. The molecule has 0 radical (unpaired) electrons. The van der Waals surface area contributed by atoms with Gasteiger partial charge >= 0.3 is 12.0 Å². The van der Waals surface area contributed by atoms with Crippen molar-refractivity contribution in [3.05, 3.63) is 41.6 Å². The zero-order valence-corrected chi connectivity index (χ0v) is 13.4. The van der Waals surface area contributed by atoms with Gasteiger partial charge in [-0.15, -0.1) is 0 Å². The molecule has 2 N–H and O–H groups in total. The molecule has 2 heterocycles. The van der Waals surface area contributed by atoms with Gasteiger partial charge in [0.15, 0.2) is 0 Å². The van der Waals surface area contributed by atoms with Crippen LogP contribution in [0.4, 0.5) is 4.79 Å². The van der Waals surface area contributed by atoms with Crippen LogP contribution in [0.5, 0.6) is 0 Å². The number of hydrogen-bond donors (Lipinski definition) is 2. The average molecular weight is 341 g/mol. The number of carboxylic acid groups (broad SMARTS) is 1. The van der Waals surface area contributed by atoms with Crippen LogP contribution in [-0.2, 0) is 20.9 Å². The first-order chi connectivity index (χ1) is 11.9. The molecule has 25 heavy (non-hydrogen) atoms. The molecule has 0 saturated carbocycles. The zero-order valence-electron chi connectivity index (χ0n) is 13.4. The van der Waals surface area contributed by atoms with E-state index in [1.807, 2.05) is 0 Å². The fourth-order valence-electron chi connectivity index (χ4n) is 2.80. The lowest BCUT2D eigenvalue weighted by atomic mass is 10.1. The Labute approximate surface area is 142 Å². The van der Waals surface area contributed by atoms with E-state index in [2.05, 4.69) is 5.32 Å². The van der Waals surface area contributed by atoms with Crippen molar-refractivity contribution in [1.29, 1.82) is 0 Å². The average Bonchev–Trinajstić information content (AvgIpc) is 2.89. The first-order valence-electron chi connectivity index (χ1n) is 7.61. The number of aliphatic carboxylic acids is 1. The molecule has 4 amide bonds. The highest BCUT2D eigenvalue weighted by Gasteiger charge is 2.34. The highest BCUT2D eigenvalue weighted by Crippen LogP contribution is 2.25. The smallest absolute Gasteiger partial charge is 0.331 e. The number of carboxylic acids is 1. The maximum Gasteiger partial charge on any atom is 0.331 e. The van der Waals surface area contributed by atoms with Gasteiger partial charge in [0.2, 0.25) is 0 Å². The molecule has 1 fully saturated rings. The molecule has 1 aromatic heterocycles. The molecular formula is C17H15N3O5. The number of benzene rings is 1. The van der Waals surface area contributed by atoms with Crippen molar-refractivity contribution in [2.45, 2.75) is 13.5 Å². The molecule has 8 nitrogen and oxygen atoms in total. The largest absolute Gasteiger partial charge is 0.480 e. The molecule has 1 aliphatic rings. The third-order valence-electron chi connectivity index (χ3n) is 3.93. The third-order valence-corrected chi connectivity index (χ3v) is 3.93. The highest BCUT2D eigenvalue weighted by molar-refractivity contribution is 6.31. The number of urea groups is 1. The fourth-order valence-corrected chi connectivity index (χ4v) is 2.80. The van der Waals surface area contributed by atoms with Gasteiger partial charge in [0.1, 0.15) is 12.1 Å². The Morgan fingerprint density at radius 2 is 1.96 bits per heavy atom. The summed E-state index contributed by atoms with van der Waals surface area (Å²) in [5.41, 5.74) is 1.03. The predicted molar refractivity (Wildman–Crippen MR) is 88.5 cm³/mol. The lowest BCUT2D eigenvalue weighted by Crippen LogP contribution is -2.53. The van der Waals surface area contributed by atoms with E-state index in [0.717, 1.165) is 4.90 Å². The van der Waals surface area contributed by atoms with Crippen LogP contribution in [0.15, 0.2) is 36.0 Å². The van der Waals surface area contributed by atoms with E-state index < -0.39 is 23.8 Å². The van der Waals surface area contributed by atoms with Gasteiger partial charge in [0, 0.05) is 29.2 Å². The molecule has 0 aliphatic carbocycles. The maximum atomic E-state index is 12.4. The minimum Gasteiger partial charge on any atom is -0.480 e. The topological polar surface area (TPSA) is 109 Å². The van der Waals surface area contributed by atoms with Crippen LogP contribution in [-0.4, -0.2) is 44.9 Å². The number of nitrogens with one attached hydrogen (secondary N) is 1. The van der Waals surface area contributed by atoms with Crippen LogP contribution < -0.4 is 5.32 Å². The van der Waals surface area contributed by atoms with E-state index in [1.54, 1.807) is 37.4 Å². The summed E-state index contributed by atoms with van der Waals surface area (Å²) >= 11 is 0. The number of amides is 4. The number of barbiturate groups is 1. The van der Waals surface area contributed by atoms with Crippen LogP contribution >= 0.6 is 0 Å². The number of likely N-dealkylation sites (N-methyl/N-ethyl adjacent to an activating group) is 1. The number of fused-ring (bicyclic) bond motifs is 1. The van der Waals surface area contributed by atoms with Gasteiger partial charge in [-0.2, -0.15) is 0 Å². The summed E-state index contributed by atoms with van der Waals surface area (Å²) in [5.74, 6) is -2.45. The van der Waals surface area contributed by atoms with Crippen LogP contribution in [0, 0.1) is 0 Å². The number of nitrogens with zero attached hydrogens (tertiary/aromatic N) is 2. The normalized spacial score (nSPS) is 16.6. The van der Waals surface area contributed by atoms with Gasteiger partial charge in [-0.3, -0.25) is 24.6 Å². The van der Waals surface area contributed by atoms with Crippen LogP contribution in [0.25, 0.3) is 17.0 Å². The number of aromatic nitrogens is 1. The summed E-state index contributed by atoms with van der Waals surface area (Å²) in [6, 6.07) is 6.33. The summed E-state index contributed by atoms with van der Waals surface area (Å²) in [5, 5.41) is 11.9.